The van der Waals surface area contributed by atoms with E-state index in [9.17, 15) is 14.5 Å². The Labute approximate surface area is 125 Å². The van der Waals surface area contributed by atoms with Gasteiger partial charge in [0, 0.05) is 23.7 Å². The maximum absolute atomic E-state index is 13.1. The molecule has 0 bridgehead atoms. The fraction of sp³-hybridized carbons (Fsp3) is 0.143. The molecular formula is C14H12ClFN2O3. The van der Waals surface area contributed by atoms with Gasteiger partial charge in [0.1, 0.15) is 11.6 Å². The lowest BCUT2D eigenvalue weighted by Gasteiger charge is -2.11. The van der Waals surface area contributed by atoms with Crippen LogP contribution in [0, 0.1) is 15.9 Å². The fourth-order valence-corrected chi connectivity index (χ4v) is 2.07. The van der Waals surface area contributed by atoms with Gasteiger partial charge in [-0.3, -0.25) is 10.1 Å². The lowest BCUT2D eigenvalue weighted by atomic mass is 10.1. The van der Waals surface area contributed by atoms with E-state index in [1.807, 2.05) is 0 Å². The van der Waals surface area contributed by atoms with Crippen LogP contribution in [-0.2, 0) is 6.54 Å². The molecule has 0 spiro atoms. The lowest BCUT2D eigenvalue weighted by molar-refractivity contribution is -0.385. The van der Waals surface area contributed by atoms with Gasteiger partial charge in [-0.2, -0.15) is 0 Å². The molecule has 0 aliphatic heterocycles. The number of benzene rings is 2. The van der Waals surface area contributed by atoms with Gasteiger partial charge in [0.25, 0.3) is 5.69 Å². The second-order valence-corrected chi connectivity index (χ2v) is 4.66. The van der Waals surface area contributed by atoms with Crippen molar-refractivity contribution in [3.63, 3.8) is 0 Å². The van der Waals surface area contributed by atoms with Crippen LogP contribution in [-0.4, -0.2) is 12.0 Å². The zero-order valence-corrected chi connectivity index (χ0v) is 11.9. The Balaban J connectivity index is 2.24. The number of anilines is 1. The van der Waals surface area contributed by atoms with Crippen LogP contribution >= 0.6 is 11.6 Å². The molecule has 0 aliphatic carbocycles. The molecule has 110 valence electrons. The number of ether oxygens (including phenoxy) is 1. The van der Waals surface area contributed by atoms with Gasteiger partial charge in [-0.15, -0.1) is 0 Å². The normalized spacial score (nSPS) is 10.2. The van der Waals surface area contributed by atoms with Crippen molar-refractivity contribution in [2.45, 2.75) is 6.54 Å². The van der Waals surface area contributed by atoms with Crippen molar-refractivity contribution >= 4 is 23.0 Å². The maximum atomic E-state index is 13.1. The first-order valence-electron chi connectivity index (χ1n) is 6.01. The van der Waals surface area contributed by atoms with Crippen molar-refractivity contribution < 1.29 is 14.1 Å². The van der Waals surface area contributed by atoms with Crippen molar-refractivity contribution in [2.24, 2.45) is 0 Å². The summed E-state index contributed by atoms with van der Waals surface area (Å²) < 4.78 is 18.2. The van der Waals surface area contributed by atoms with Crippen LogP contribution in [0.2, 0.25) is 5.02 Å². The molecule has 0 aromatic heterocycles. The monoisotopic (exact) mass is 310 g/mol. The number of hydrogen-bond donors (Lipinski definition) is 1. The molecular weight excluding hydrogens is 299 g/mol. The molecule has 0 saturated carbocycles. The Hall–Kier alpha value is -2.34. The van der Waals surface area contributed by atoms with Crippen LogP contribution < -0.4 is 10.1 Å². The van der Waals surface area contributed by atoms with E-state index in [0.717, 1.165) is 0 Å². The second-order valence-electron chi connectivity index (χ2n) is 4.23. The summed E-state index contributed by atoms with van der Waals surface area (Å²) in [5.74, 6) is -0.106. The molecule has 0 amide bonds. The molecule has 21 heavy (non-hydrogen) atoms. The third kappa shape index (κ3) is 3.61. The summed E-state index contributed by atoms with van der Waals surface area (Å²) in [5, 5.41) is 14.4. The quantitative estimate of drug-likeness (QED) is 0.669. The summed E-state index contributed by atoms with van der Waals surface area (Å²) >= 11 is 5.86. The molecule has 1 N–H and O–H groups in total. The summed E-state index contributed by atoms with van der Waals surface area (Å²) in [5.41, 5.74) is 0.931. The van der Waals surface area contributed by atoms with Gasteiger partial charge in [-0.05, 0) is 24.3 Å². The molecule has 0 saturated heterocycles. The number of nitrogens with one attached hydrogen (secondary N) is 1. The minimum absolute atomic E-state index is 0.0343. The Kier molecular flexibility index (Phi) is 4.59. The molecule has 0 radical (unpaired) electrons. The molecule has 0 heterocycles. The molecule has 5 nitrogen and oxygen atoms in total. The van der Waals surface area contributed by atoms with E-state index in [1.165, 1.54) is 43.5 Å². The summed E-state index contributed by atoms with van der Waals surface area (Å²) in [7, 11) is 1.42. The predicted molar refractivity (Wildman–Crippen MR) is 78.4 cm³/mol. The smallest absolute Gasteiger partial charge is 0.274 e. The van der Waals surface area contributed by atoms with Crippen LogP contribution in [0.3, 0.4) is 0 Å². The van der Waals surface area contributed by atoms with Crippen LogP contribution in [0.15, 0.2) is 36.4 Å². The Morgan fingerprint density at radius 1 is 1.33 bits per heavy atom. The van der Waals surface area contributed by atoms with Crippen molar-refractivity contribution in [1.82, 2.24) is 0 Å². The first-order chi connectivity index (χ1) is 10.0. The number of nitro benzene ring substituents is 1. The van der Waals surface area contributed by atoms with Gasteiger partial charge in [-0.1, -0.05) is 11.6 Å². The second kappa shape index (κ2) is 6.41. The summed E-state index contributed by atoms with van der Waals surface area (Å²) in [6, 6.07) is 8.34. The molecule has 2 rings (SSSR count). The van der Waals surface area contributed by atoms with Gasteiger partial charge in [0.2, 0.25) is 0 Å². The zero-order chi connectivity index (χ0) is 15.4. The largest absolute Gasteiger partial charge is 0.494 e. The Bertz CT molecular complexity index is 679. The molecule has 7 heteroatoms. The van der Waals surface area contributed by atoms with Gasteiger partial charge < -0.3 is 10.1 Å². The first-order valence-corrected chi connectivity index (χ1v) is 6.39. The highest BCUT2D eigenvalue weighted by Crippen LogP contribution is 2.28. The number of nitrogens with zero attached hydrogens (tertiary/aromatic N) is 1. The first kappa shape index (κ1) is 15.1. The molecule has 0 unspecified atom stereocenters. The standard InChI is InChI=1S/C14H12ClFN2O3/c1-21-14-7-11(16)3-4-12(14)17-8-9-6-10(15)2-5-13(9)18(19)20/h2-7,17H,8H2,1H3. The van der Waals surface area contributed by atoms with Gasteiger partial charge in [-0.25, -0.2) is 4.39 Å². The Morgan fingerprint density at radius 2 is 2.10 bits per heavy atom. The van der Waals surface area contributed by atoms with Gasteiger partial charge in [0.05, 0.1) is 23.3 Å². The van der Waals surface area contributed by atoms with E-state index in [2.05, 4.69) is 5.32 Å². The summed E-state index contributed by atoms with van der Waals surface area (Å²) in [6.45, 7) is 0.166. The third-order valence-corrected chi connectivity index (χ3v) is 3.11. The number of hydrogen-bond acceptors (Lipinski definition) is 4. The molecule has 2 aromatic carbocycles. The van der Waals surface area contributed by atoms with E-state index < -0.39 is 10.7 Å². The highest BCUT2D eigenvalue weighted by Gasteiger charge is 2.14. The average Bonchev–Trinajstić information content (AvgIpc) is 2.45. The van der Waals surface area contributed by atoms with Gasteiger partial charge in [0.15, 0.2) is 0 Å². The van der Waals surface area contributed by atoms with Crippen molar-refractivity contribution in [3.8, 4) is 5.75 Å². The van der Waals surface area contributed by atoms with E-state index in [0.29, 0.717) is 22.0 Å². The van der Waals surface area contributed by atoms with Gasteiger partial charge >= 0.3 is 0 Å². The maximum Gasteiger partial charge on any atom is 0.274 e. The summed E-state index contributed by atoms with van der Waals surface area (Å²) in [6.07, 6.45) is 0. The molecule has 2 aromatic rings. The summed E-state index contributed by atoms with van der Waals surface area (Å²) in [4.78, 5) is 10.5. The number of nitro groups is 1. The topological polar surface area (TPSA) is 64.4 Å². The fourth-order valence-electron chi connectivity index (χ4n) is 1.88. The average molecular weight is 311 g/mol. The predicted octanol–water partition coefficient (Wildman–Crippen LogP) is 4.01. The van der Waals surface area contributed by atoms with Crippen molar-refractivity contribution in [2.75, 3.05) is 12.4 Å². The van der Waals surface area contributed by atoms with Crippen LogP contribution in [0.5, 0.6) is 5.75 Å². The number of methoxy groups -OCH3 is 1. The van der Waals surface area contributed by atoms with E-state index in [1.54, 1.807) is 0 Å². The minimum Gasteiger partial charge on any atom is -0.494 e. The van der Waals surface area contributed by atoms with Crippen molar-refractivity contribution in [3.05, 3.63) is 62.9 Å². The molecule has 0 atom stereocenters. The number of halogens is 2. The van der Waals surface area contributed by atoms with E-state index in [4.69, 9.17) is 16.3 Å². The third-order valence-electron chi connectivity index (χ3n) is 2.87. The lowest BCUT2D eigenvalue weighted by Crippen LogP contribution is -2.04. The molecule has 0 fully saturated rings. The zero-order valence-electron chi connectivity index (χ0n) is 11.1. The van der Waals surface area contributed by atoms with E-state index in [-0.39, 0.29) is 12.2 Å². The number of rotatable bonds is 5. The van der Waals surface area contributed by atoms with Crippen molar-refractivity contribution in [1.29, 1.82) is 0 Å². The van der Waals surface area contributed by atoms with E-state index >= 15 is 0 Å². The molecule has 0 aliphatic rings. The Morgan fingerprint density at radius 3 is 2.76 bits per heavy atom. The minimum atomic E-state index is -0.477. The van der Waals surface area contributed by atoms with Crippen LogP contribution in [0.25, 0.3) is 0 Å². The van der Waals surface area contributed by atoms with Crippen LogP contribution in [0.1, 0.15) is 5.56 Å². The highest BCUT2D eigenvalue weighted by atomic mass is 35.5. The highest BCUT2D eigenvalue weighted by molar-refractivity contribution is 6.30. The SMILES string of the molecule is COc1cc(F)ccc1NCc1cc(Cl)ccc1[N+](=O)[O-]. The van der Waals surface area contributed by atoms with Crippen LogP contribution in [0.4, 0.5) is 15.8 Å².